The van der Waals surface area contributed by atoms with E-state index in [0.717, 1.165) is 0 Å². The quantitative estimate of drug-likeness (QED) is 0.631. The molecule has 0 unspecified atom stereocenters. The Hall–Kier alpha value is -0.750. The van der Waals surface area contributed by atoms with Gasteiger partial charge >= 0.3 is 0 Å². The van der Waals surface area contributed by atoms with E-state index in [-0.39, 0.29) is 0 Å². The summed E-state index contributed by atoms with van der Waals surface area (Å²) in [5, 5.41) is 0. The van der Waals surface area contributed by atoms with Crippen LogP contribution in [0.2, 0.25) is 0 Å². The maximum atomic E-state index is 5.47. The summed E-state index contributed by atoms with van der Waals surface area (Å²) in [7, 11) is 0. The van der Waals surface area contributed by atoms with E-state index in [2.05, 4.69) is 19.1 Å². The van der Waals surface area contributed by atoms with Crippen molar-refractivity contribution in [2.24, 2.45) is 0 Å². The normalized spacial score (nSPS) is 13.6. The molecule has 0 aliphatic carbocycles. The van der Waals surface area contributed by atoms with Crippen LogP contribution in [0.15, 0.2) is 41.9 Å². The second-order valence-corrected chi connectivity index (χ2v) is 2.77. The van der Waals surface area contributed by atoms with Crippen molar-refractivity contribution in [2.75, 3.05) is 0 Å². The highest BCUT2D eigenvalue weighted by molar-refractivity contribution is 6.25. The second kappa shape index (κ2) is 4.20. The summed E-state index contributed by atoms with van der Waals surface area (Å²) < 4.78 is 0. The van der Waals surface area contributed by atoms with E-state index in [9.17, 15) is 0 Å². The lowest BCUT2D eigenvalue weighted by Gasteiger charge is -2.03. The van der Waals surface area contributed by atoms with Gasteiger partial charge in [-0.05, 0) is 5.56 Å². The van der Waals surface area contributed by atoms with Crippen LogP contribution in [0.4, 0.5) is 0 Å². The Morgan fingerprint density at radius 2 is 1.91 bits per heavy atom. The zero-order valence-electron chi connectivity index (χ0n) is 6.50. The van der Waals surface area contributed by atoms with Gasteiger partial charge in [-0.25, -0.2) is 0 Å². The van der Waals surface area contributed by atoms with E-state index in [1.807, 2.05) is 24.3 Å². The monoisotopic (exact) mass is 166 g/mol. The number of allylic oxidation sites excluding steroid dienone is 1. The summed E-state index contributed by atoms with van der Waals surface area (Å²) in [5.41, 5.74) is 2.86. The van der Waals surface area contributed by atoms with Gasteiger partial charge in [0.1, 0.15) is 0 Å². The van der Waals surface area contributed by atoms with E-state index in [1.165, 1.54) is 5.56 Å². The molecule has 0 heterocycles. The average molecular weight is 167 g/mol. The molecule has 0 saturated carbocycles. The van der Waals surface area contributed by atoms with E-state index in [0.29, 0.717) is 5.92 Å². The SMILES string of the molecule is C[C@@H](/C=C\Cl)c1ccccc1. The Balaban J connectivity index is 2.76. The average Bonchev–Trinajstić information content (AvgIpc) is 2.07. The van der Waals surface area contributed by atoms with Crippen LogP contribution in [0.3, 0.4) is 0 Å². The molecule has 0 amide bonds. The van der Waals surface area contributed by atoms with Crippen LogP contribution in [-0.4, -0.2) is 0 Å². The Kier molecular flexibility index (Phi) is 3.18. The van der Waals surface area contributed by atoms with Crippen LogP contribution in [0.1, 0.15) is 18.4 Å². The highest BCUT2D eigenvalue weighted by atomic mass is 35.5. The first-order valence-electron chi connectivity index (χ1n) is 3.66. The Labute approximate surface area is 72.5 Å². The van der Waals surface area contributed by atoms with Crippen LogP contribution in [0.25, 0.3) is 0 Å². The topological polar surface area (TPSA) is 0 Å². The number of rotatable bonds is 2. The van der Waals surface area contributed by atoms with Gasteiger partial charge in [0.2, 0.25) is 0 Å². The van der Waals surface area contributed by atoms with Crippen molar-refractivity contribution in [2.45, 2.75) is 12.8 Å². The summed E-state index contributed by atoms with van der Waals surface area (Å²) in [4.78, 5) is 0. The highest BCUT2D eigenvalue weighted by Gasteiger charge is 1.97. The molecule has 0 nitrogen and oxygen atoms in total. The molecular formula is C10H11Cl. The maximum Gasteiger partial charge on any atom is 0.000851 e. The fraction of sp³-hybridized carbons (Fsp3) is 0.200. The predicted molar refractivity (Wildman–Crippen MR) is 49.9 cm³/mol. The van der Waals surface area contributed by atoms with E-state index < -0.39 is 0 Å². The maximum absolute atomic E-state index is 5.47. The fourth-order valence-electron chi connectivity index (χ4n) is 0.977. The van der Waals surface area contributed by atoms with Crippen LogP contribution >= 0.6 is 11.6 Å². The first-order chi connectivity index (χ1) is 5.34. The van der Waals surface area contributed by atoms with Crippen molar-refractivity contribution in [1.29, 1.82) is 0 Å². The minimum Gasteiger partial charge on any atom is -0.0933 e. The highest BCUT2D eigenvalue weighted by Crippen LogP contribution is 2.15. The van der Waals surface area contributed by atoms with Gasteiger partial charge in [0.05, 0.1) is 0 Å². The summed E-state index contributed by atoms with van der Waals surface area (Å²) in [5.74, 6) is 0.411. The first-order valence-corrected chi connectivity index (χ1v) is 4.10. The van der Waals surface area contributed by atoms with Crippen LogP contribution < -0.4 is 0 Å². The molecule has 0 bridgehead atoms. The third-order valence-electron chi connectivity index (χ3n) is 1.69. The number of halogens is 1. The van der Waals surface area contributed by atoms with E-state index >= 15 is 0 Å². The second-order valence-electron chi connectivity index (χ2n) is 2.52. The molecule has 11 heavy (non-hydrogen) atoms. The molecule has 1 aromatic rings. The molecular weight excluding hydrogens is 156 g/mol. The molecule has 0 N–H and O–H groups in total. The summed E-state index contributed by atoms with van der Waals surface area (Å²) in [6, 6.07) is 10.3. The molecule has 0 spiro atoms. The Bertz CT molecular complexity index is 226. The summed E-state index contributed by atoms with van der Waals surface area (Å²) in [6.45, 7) is 2.12. The first kappa shape index (κ1) is 8.35. The minimum absolute atomic E-state index is 0.411. The van der Waals surface area contributed by atoms with Crippen molar-refractivity contribution < 1.29 is 0 Å². The van der Waals surface area contributed by atoms with Crippen LogP contribution in [-0.2, 0) is 0 Å². The molecule has 0 saturated heterocycles. The van der Waals surface area contributed by atoms with Crippen molar-refractivity contribution in [3.8, 4) is 0 Å². The van der Waals surface area contributed by atoms with Crippen LogP contribution in [0.5, 0.6) is 0 Å². The van der Waals surface area contributed by atoms with Gasteiger partial charge in [0.25, 0.3) is 0 Å². The number of benzene rings is 1. The van der Waals surface area contributed by atoms with E-state index in [1.54, 1.807) is 5.54 Å². The van der Waals surface area contributed by atoms with Gasteiger partial charge in [0, 0.05) is 11.5 Å². The smallest absolute Gasteiger partial charge is 0.000851 e. The van der Waals surface area contributed by atoms with E-state index in [4.69, 9.17) is 11.6 Å². The Morgan fingerprint density at radius 3 is 2.45 bits per heavy atom. The zero-order chi connectivity index (χ0) is 8.10. The van der Waals surface area contributed by atoms with Crippen molar-refractivity contribution in [1.82, 2.24) is 0 Å². The molecule has 1 rings (SSSR count). The lowest BCUT2D eigenvalue weighted by atomic mass is 10.0. The molecule has 1 atom stereocenters. The lowest BCUT2D eigenvalue weighted by molar-refractivity contribution is 0.970. The molecule has 1 aromatic carbocycles. The molecule has 0 aliphatic heterocycles. The van der Waals surface area contributed by atoms with Crippen molar-refractivity contribution >= 4 is 11.6 Å². The number of hydrogen-bond donors (Lipinski definition) is 0. The zero-order valence-corrected chi connectivity index (χ0v) is 7.25. The van der Waals surface area contributed by atoms with Crippen molar-refractivity contribution in [3.63, 3.8) is 0 Å². The standard InChI is InChI=1S/C10H11Cl/c1-9(7-8-11)10-5-3-2-4-6-10/h2-9H,1H3/b8-7-/t9-/m0/s1. The predicted octanol–water partition coefficient (Wildman–Crippen LogP) is 3.54. The lowest BCUT2D eigenvalue weighted by Crippen LogP contribution is -1.86. The molecule has 0 aliphatic rings. The number of hydrogen-bond acceptors (Lipinski definition) is 0. The van der Waals surface area contributed by atoms with Gasteiger partial charge in [-0.1, -0.05) is 54.9 Å². The molecule has 0 aromatic heterocycles. The molecule has 1 heteroatoms. The third-order valence-corrected chi connectivity index (χ3v) is 1.83. The van der Waals surface area contributed by atoms with Gasteiger partial charge in [-0.15, -0.1) is 0 Å². The summed E-state index contributed by atoms with van der Waals surface area (Å²) >= 11 is 5.47. The molecule has 0 fully saturated rings. The third kappa shape index (κ3) is 2.39. The summed E-state index contributed by atoms with van der Waals surface area (Å²) in [6.07, 6.45) is 1.97. The fourth-order valence-corrected chi connectivity index (χ4v) is 1.20. The molecule has 0 radical (unpaired) electrons. The largest absolute Gasteiger partial charge is 0.0933 e. The Morgan fingerprint density at radius 1 is 1.27 bits per heavy atom. The van der Waals surface area contributed by atoms with Gasteiger partial charge in [-0.2, -0.15) is 0 Å². The van der Waals surface area contributed by atoms with Gasteiger partial charge in [-0.3, -0.25) is 0 Å². The van der Waals surface area contributed by atoms with Gasteiger partial charge in [0.15, 0.2) is 0 Å². The van der Waals surface area contributed by atoms with Gasteiger partial charge < -0.3 is 0 Å². The van der Waals surface area contributed by atoms with Crippen molar-refractivity contribution in [3.05, 3.63) is 47.5 Å². The molecule has 58 valence electrons. The minimum atomic E-state index is 0.411. The van der Waals surface area contributed by atoms with Crippen LogP contribution in [0, 0.1) is 0 Å².